The van der Waals surface area contributed by atoms with Crippen LogP contribution in [-0.2, 0) is 19.1 Å². The zero-order chi connectivity index (χ0) is 11.7. The number of ether oxygens (including phenoxy) is 2. The molecule has 86 valence electrons. The smallest absolute Gasteiger partial charge is 0.323 e. The second kappa shape index (κ2) is 2.73. The van der Waals surface area contributed by atoms with E-state index in [1.807, 2.05) is 0 Å². The van der Waals surface area contributed by atoms with Gasteiger partial charge in [-0.05, 0) is 0 Å². The summed E-state index contributed by atoms with van der Waals surface area (Å²) in [6.07, 6.45) is -2.17. The minimum absolute atomic E-state index is 0.154. The summed E-state index contributed by atoms with van der Waals surface area (Å²) in [5, 5.41) is 10.0. The summed E-state index contributed by atoms with van der Waals surface area (Å²) in [5.41, 5.74) is -1.25. The van der Waals surface area contributed by atoms with E-state index in [1.54, 1.807) is 6.92 Å². The Balaban J connectivity index is 2.19. The summed E-state index contributed by atoms with van der Waals surface area (Å²) in [4.78, 5) is 23.5. The molecule has 2 heterocycles. The van der Waals surface area contributed by atoms with Gasteiger partial charge in [-0.3, -0.25) is 9.59 Å². The van der Waals surface area contributed by atoms with E-state index >= 15 is 0 Å². The minimum atomic E-state index is -1.34. The van der Waals surface area contributed by atoms with Crippen LogP contribution in [0.5, 0.6) is 0 Å². The summed E-state index contributed by atoms with van der Waals surface area (Å²) in [6.45, 7) is 5.41. The zero-order valence-electron chi connectivity index (χ0n) is 8.80. The van der Waals surface area contributed by atoms with Gasteiger partial charge in [0.2, 0.25) is 0 Å². The number of cyclic esters (lactones) is 1. The Morgan fingerprint density at radius 3 is 2.88 bits per heavy atom. The van der Waals surface area contributed by atoms with Crippen molar-refractivity contribution < 1.29 is 24.2 Å². The van der Waals surface area contributed by atoms with Gasteiger partial charge < -0.3 is 14.6 Å². The highest BCUT2D eigenvalue weighted by Gasteiger charge is 2.73. The summed E-state index contributed by atoms with van der Waals surface area (Å²) in [5.74, 6) is -0.958. The predicted molar refractivity (Wildman–Crippen MR) is 51.1 cm³/mol. The molecule has 3 fully saturated rings. The number of fused-ring (bicyclic) bond motifs is 1. The van der Waals surface area contributed by atoms with Crippen LogP contribution in [-0.4, -0.2) is 35.2 Å². The SMILES string of the molecule is C=C1OC(=O)C23C(O)C(=O)CC(OC12)C3C. The summed E-state index contributed by atoms with van der Waals surface area (Å²) in [6, 6.07) is 0. The fourth-order valence-corrected chi connectivity index (χ4v) is 3.15. The van der Waals surface area contributed by atoms with Crippen molar-refractivity contribution >= 4 is 11.8 Å². The first kappa shape index (κ1) is 9.99. The average molecular weight is 224 g/mol. The van der Waals surface area contributed by atoms with Crippen molar-refractivity contribution in [2.45, 2.75) is 31.7 Å². The highest BCUT2D eigenvalue weighted by atomic mass is 16.6. The number of rotatable bonds is 0. The molecular weight excluding hydrogens is 212 g/mol. The van der Waals surface area contributed by atoms with E-state index in [-0.39, 0.29) is 30.0 Å². The molecule has 5 atom stereocenters. The van der Waals surface area contributed by atoms with Crippen LogP contribution in [0.1, 0.15) is 13.3 Å². The number of Topliss-reactive ketones (excluding diaryl/α,β-unsaturated/α-hetero) is 1. The Morgan fingerprint density at radius 2 is 2.19 bits per heavy atom. The predicted octanol–water partition coefficient (Wildman–Crippen LogP) is -0.220. The number of aliphatic hydroxyl groups excluding tert-OH is 1. The lowest BCUT2D eigenvalue weighted by molar-refractivity contribution is -0.162. The van der Waals surface area contributed by atoms with Crippen LogP contribution in [0.4, 0.5) is 0 Å². The molecule has 1 spiro atoms. The second-order valence-electron chi connectivity index (χ2n) is 4.71. The largest absolute Gasteiger partial charge is 0.428 e. The van der Waals surface area contributed by atoms with Crippen LogP contribution in [0.15, 0.2) is 12.3 Å². The number of esters is 1. The van der Waals surface area contributed by atoms with E-state index < -0.39 is 23.6 Å². The highest BCUT2D eigenvalue weighted by Crippen LogP contribution is 2.57. The standard InChI is InChI=1S/C11H12O5/c1-4-7-3-6(12)8(13)11(4)9(16-7)5(2)15-10(11)14/h4,7-9,13H,2-3H2,1H3. The molecule has 0 amide bonds. The maximum Gasteiger partial charge on any atom is 0.323 e. The molecule has 5 nitrogen and oxygen atoms in total. The first-order chi connectivity index (χ1) is 7.49. The number of hydrogen-bond donors (Lipinski definition) is 1. The molecule has 1 saturated carbocycles. The van der Waals surface area contributed by atoms with Crippen molar-refractivity contribution in [3.05, 3.63) is 12.3 Å². The van der Waals surface area contributed by atoms with Crippen LogP contribution in [0.3, 0.4) is 0 Å². The third kappa shape index (κ3) is 0.814. The average Bonchev–Trinajstić information content (AvgIpc) is 2.58. The van der Waals surface area contributed by atoms with Gasteiger partial charge in [-0.1, -0.05) is 13.5 Å². The van der Waals surface area contributed by atoms with Gasteiger partial charge in [0.1, 0.15) is 23.4 Å². The number of aliphatic hydroxyl groups is 1. The van der Waals surface area contributed by atoms with E-state index in [0.717, 1.165) is 0 Å². The molecule has 3 rings (SSSR count). The van der Waals surface area contributed by atoms with Gasteiger partial charge in [-0.15, -0.1) is 0 Å². The third-order valence-electron chi connectivity index (χ3n) is 4.09. The van der Waals surface area contributed by atoms with Crippen molar-refractivity contribution in [3.8, 4) is 0 Å². The van der Waals surface area contributed by atoms with Crippen LogP contribution in [0, 0.1) is 11.3 Å². The van der Waals surface area contributed by atoms with Crippen molar-refractivity contribution in [1.29, 1.82) is 0 Å². The Labute approximate surface area is 92.0 Å². The molecule has 2 aliphatic heterocycles. The molecule has 1 N–H and O–H groups in total. The zero-order valence-corrected chi connectivity index (χ0v) is 8.80. The lowest BCUT2D eigenvalue weighted by Crippen LogP contribution is -2.55. The Bertz CT molecular complexity index is 415. The summed E-state index contributed by atoms with van der Waals surface area (Å²) in [7, 11) is 0. The first-order valence-electron chi connectivity index (χ1n) is 5.27. The van der Waals surface area contributed by atoms with Gasteiger partial charge in [-0.25, -0.2) is 0 Å². The normalized spacial score (nSPS) is 50.5. The van der Waals surface area contributed by atoms with Crippen LogP contribution >= 0.6 is 0 Å². The molecule has 2 saturated heterocycles. The van der Waals surface area contributed by atoms with Crippen molar-refractivity contribution in [3.63, 3.8) is 0 Å². The van der Waals surface area contributed by atoms with E-state index in [1.165, 1.54) is 0 Å². The van der Waals surface area contributed by atoms with Gasteiger partial charge >= 0.3 is 5.97 Å². The van der Waals surface area contributed by atoms with Gasteiger partial charge in [0.25, 0.3) is 0 Å². The Hall–Kier alpha value is -1.20. The fraction of sp³-hybridized carbons (Fsp3) is 0.636. The lowest BCUT2D eigenvalue weighted by Gasteiger charge is -2.35. The van der Waals surface area contributed by atoms with Crippen LogP contribution < -0.4 is 0 Å². The fourth-order valence-electron chi connectivity index (χ4n) is 3.15. The van der Waals surface area contributed by atoms with Gasteiger partial charge in [0.15, 0.2) is 5.78 Å². The minimum Gasteiger partial charge on any atom is -0.428 e. The molecule has 1 aliphatic carbocycles. The first-order valence-corrected chi connectivity index (χ1v) is 5.27. The number of carbonyl (C=O) groups is 2. The molecule has 5 unspecified atom stereocenters. The van der Waals surface area contributed by atoms with Crippen molar-refractivity contribution in [1.82, 2.24) is 0 Å². The quantitative estimate of drug-likeness (QED) is 0.576. The molecule has 0 aromatic carbocycles. The van der Waals surface area contributed by atoms with E-state index in [4.69, 9.17) is 9.47 Å². The monoisotopic (exact) mass is 224 g/mol. The van der Waals surface area contributed by atoms with Crippen LogP contribution in [0.2, 0.25) is 0 Å². The Kier molecular flexibility index (Phi) is 1.70. The second-order valence-corrected chi connectivity index (χ2v) is 4.71. The van der Waals surface area contributed by atoms with E-state index in [0.29, 0.717) is 0 Å². The maximum atomic E-state index is 11.9. The molecule has 0 radical (unpaired) electrons. The van der Waals surface area contributed by atoms with Crippen molar-refractivity contribution in [2.75, 3.05) is 0 Å². The topological polar surface area (TPSA) is 72.8 Å². The number of carbonyl (C=O) groups excluding carboxylic acids is 2. The number of ketones is 1. The summed E-state index contributed by atoms with van der Waals surface area (Å²) < 4.78 is 10.5. The van der Waals surface area contributed by atoms with Crippen molar-refractivity contribution in [2.24, 2.45) is 11.3 Å². The molecule has 16 heavy (non-hydrogen) atoms. The Morgan fingerprint density at radius 1 is 1.50 bits per heavy atom. The molecule has 2 bridgehead atoms. The molecule has 3 aliphatic rings. The molecule has 0 aromatic heterocycles. The number of hydrogen-bond acceptors (Lipinski definition) is 5. The third-order valence-corrected chi connectivity index (χ3v) is 4.09. The maximum absolute atomic E-state index is 11.9. The van der Waals surface area contributed by atoms with Gasteiger partial charge in [0.05, 0.1) is 6.10 Å². The molecule has 5 heteroatoms. The van der Waals surface area contributed by atoms with Crippen LogP contribution in [0.25, 0.3) is 0 Å². The molecule has 0 aromatic rings. The van der Waals surface area contributed by atoms with E-state index in [9.17, 15) is 14.7 Å². The molecular formula is C11H12O5. The summed E-state index contributed by atoms with van der Waals surface area (Å²) >= 11 is 0. The lowest BCUT2D eigenvalue weighted by atomic mass is 9.63. The van der Waals surface area contributed by atoms with Gasteiger partial charge in [-0.2, -0.15) is 0 Å². The highest BCUT2D eigenvalue weighted by molar-refractivity contribution is 5.96. The van der Waals surface area contributed by atoms with Gasteiger partial charge in [0, 0.05) is 12.3 Å². The van der Waals surface area contributed by atoms with E-state index in [2.05, 4.69) is 6.58 Å².